The fourth-order valence-corrected chi connectivity index (χ4v) is 1.84. The Kier molecular flexibility index (Phi) is 4.47. The molecule has 1 N–H and O–H groups in total. The lowest BCUT2D eigenvalue weighted by molar-refractivity contribution is 0.446. The van der Waals surface area contributed by atoms with Crippen LogP contribution < -0.4 is 5.32 Å². The molecule has 0 spiro atoms. The largest absolute Gasteiger partial charge is 0.425 e. The van der Waals surface area contributed by atoms with Gasteiger partial charge >= 0.3 is 0 Å². The van der Waals surface area contributed by atoms with E-state index in [2.05, 4.69) is 46.7 Å². The Morgan fingerprint density at radius 2 is 1.89 bits per heavy atom. The van der Waals surface area contributed by atoms with E-state index in [1.807, 2.05) is 7.05 Å². The number of hydrogen-bond acceptors (Lipinski definition) is 4. The molecule has 1 aromatic heterocycles. The number of rotatable bonds is 6. The van der Waals surface area contributed by atoms with Gasteiger partial charge in [0.05, 0.1) is 0 Å². The highest BCUT2D eigenvalue weighted by Crippen LogP contribution is 2.09. The van der Waals surface area contributed by atoms with Crippen LogP contribution in [0.25, 0.3) is 0 Å². The van der Waals surface area contributed by atoms with E-state index < -0.39 is 0 Å². The molecule has 0 radical (unpaired) electrons. The van der Waals surface area contributed by atoms with E-state index >= 15 is 0 Å². The zero-order valence-corrected chi connectivity index (χ0v) is 10.9. The van der Waals surface area contributed by atoms with Gasteiger partial charge in [-0.1, -0.05) is 29.8 Å². The van der Waals surface area contributed by atoms with Gasteiger partial charge in [0.15, 0.2) is 0 Å². The first-order chi connectivity index (χ1) is 8.78. The van der Waals surface area contributed by atoms with Crippen LogP contribution in [0.2, 0.25) is 0 Å². The Bertz CT molecular complexity index is 493. The molecule has 18 heavy (non-hydrogen) atoms. The van der Waals surface area contributed by atoms with Crippen molar-refractivity contribution >= 4 is 0 Å². The van der Waals surface area contributed by atoms with Crippen molar-refractivity contribution < 1.29 is 4.42 Å². The summed E-state index contributed by atoms with van der Waals surface area (Å²) < 4.78 is 5.58. The molecule has 0 saturated heterocycles. The second-order valence-corrected chi connectivity index (χ2v) is 4.43. The molecule has 1 heterocycles. The van der Waals surface area contributed by atoms with Gasteiger partial charge in [-0.25, -0.2) is 0 Å². The quantitative estimate of drug-likeness (QED) is 0.845. The highest BCUT2D eigenvalue weighted by Gasteiger charge is 2.05. The number of likely N-dealkylation sites (N-methyl/N-ethyl adjacent to an activating group) is 1. The normalized spacial score (nSPS) is 10.8. The van der Waals surface area contributed by atoms with Gasteiger partial charge in [-0.15, -0.1) is 10.2 Å². The van der Waals surface area contributed by atoms with Crippen LogP contribution in [0, 0.1) is 6.92 Å². The van der Waals surface area contributed by atoms with Crippen molar-refractivity contribution in [3.8, 4) is 0 Å². The highest BCUT2D eigenvalue weighted by molar-refractivity contribution is 5.22. The average molecular weight is 245 g/mol. The Morgan fingerprint density at radius 1 is 1.11 bits per heavy atom. The molecule has 0 aliphatic rings. The maximum absolute atomic E-state index is 5.58. The molecule has 0 aliphatic carbocycles. The molecule has 0 saturated carbocycles. The molecule has 2 rings (SSSR count). The van der Waals surface area contributed by atoms with Gasteiger partial charge in [0.25, 0.3) is 0 Å². The molecule has 96 valence electrons. The minimum Gasteiger partial charge on any atom is -0.425 e. The van der Waals surface area contributed by atoms with Gasteiger partial charge < -0.3 is 9.73 Å². The van der Waals surface area contributed by atoms with Crippen LogP contribution >= 0.6 is 0 Å². The zero-order valence-electron chi connectivity index (χ0n) is 10.9. The second-order valence-electron chi connectivity index (χ2n) is 4.43. The van der Waals surface area contributed by atoms with Crippen LogP contribution in [0.5, 0.6) is 0 Å². The van der Waals surface area contributed by atoms with E-state index in [-0.39, 0.29) is 0 Å². The monoisotopic (exact) mass is 245 g/mol. The lowest BCUT2D eigenvalue weighted by atomic mass is 10.1. The average Bonchev–Trinajstić information content (AvgIpc) is 2.82. The maximum Gasteiger partial charge on any atom is 0.217 e. The zero-order chi connectivity index (χ0) is 12.8. The predicted octanol–water partition coefficient (Wildman–Crippen LogP) is 1.93. The van der Waals surface area contributed by atoms with Gasteiger partial charge in [0.1, 0.15) is 0 Å². The molecule has 2 aromatic rings. The Hall–Kier alpha value is -1.68. The lowest BCUT2D eigenvalue weighted by Gasteiger charge is -1.99. The first-order valence-corrected chi connectivity index (χ1v) is 6.29. The summed E-state index contributed by atoms with van der Waals surface area (Å²) in [5.41, 5.74) is 2.60. The summed E-state index contributed by atoms with van der Waals surface area (Å²) in [5, 5.41) is 11.2. The Balaban J connectivity index is 1.88. The van der Waals surface area contributed by atoms with Crippen molar-refractivity contribution in [3.63, 3.8) is 0 Å². The van der Waals surface area contributed by atoms with Crippen molar-refractivity contribution in [1.82, 2.24) is 15.5 Å². The summed E-state index contributed by atoms with van der Waals surface area (Å²) in [6, 6.07) is 8.51. The standard InChI is InChI=1S/C14H19N3O/c1-11-4-3-5-12(10-11)6-7-13-16-17-14(18-13)8-9-15-2/h3-5,10,15H,6-9H2,1-2H3. The second kappa shape index (κ2) is 6.31. The van der Waals surface area contributed by atoms with Gasteiger partial charge in [-0.3, -0.25) is 0 Å². The third kappa shape index (κ3) is 3.67. The molecule has 0 atom stereocenters. The summed E-state index contributed by atoms with van der Waals surface area (Å²) in [4.78, 5) is 0. The van der Waals surface area contributed by atoms with E-state index in [9.17, 15) is 0 Å². The third-order valence-corrected chi connectivity index (χ3v) is 2.81. The smallest absolute Gasteiger partial charge is 0.217 e. The van der Waals surface area contributed by atoms with E-state index in [0.717, 1.165) is 31.7 Å². The maximum atomic E-state index is 5.58. The lowest BCUT2D eigenvalue weighted by Crippen LogP contribution is -2.10. The minimum absolute atomic E-state index is 0.712. The van der Waals surface area contributed by atoms with E-state index in [0.29, 0.717) is 5.89 Å². The van der Waals surface area contributed by atoms with E-state index in [1.165, 1.54) is 11.1 Å². The van der Waals surface area contributed by atoms with Gasteiger partial charge in [0.2, 0.25) is 11.8 Å². The summed E-state index contributed by atoms with van der Waals surface area (Å²) in [6.07, 6.45) is 2.53. The first-order valence-electron chi connectivity index (χ1n) is 6.29. The highest BCUT2D eigenvalue weighted by atomic mass is 16.4. The summed E-state index contributed by atoms with van der Waals surface area (Å²) in [6.45, 7) is 2.96. The molecular formula is C14H19N3O. The summed E-state index contributed by atoms with van der Waals surface area (Å²) in [5.74, 6) is 1.44. The number of nitrogens with zero attached hydrogens (tertiary/aromatic N) is 2. The molecule has 0 aliphatic heterocycles. The van der Waals surface area contributed by atoms with Crippen LogP contribution in [0.3, 0.4) is 0 Å². The number of nitrogens with one attached hydrogen (secondary N) is 1. The molecule has 4 nitrogen and oxygen atoms in total. The van der Waals surface area contributed by atoms with Crippen LogP contribution in [0.1, 0.15) is 22.9 Å². The van der Waals surface area contributed by atoms with Gasteiger partial charge in [-0.2, -0.15) is 0 Å². The number of aryl methyl sites for hydroxylation is 3. The number of benzene rings is 1. The van der Waals surface area contributed by atoms with Crippen LogP contribution in [0.4, 0.5) is 0 Å². The van der Waals surface area contributed by atoms with Crippen molar-refractivity contribution in [2.24, 2.45) is 0 Å². The van der Waals surface area contributed by atoms with Crippen LogP contribution in [-0.2, 0) is 19.3 Å². The van der Waals surface area contributed by atoms with E-state index in [4.69, 9.17) is 4.42 Å². The van der Waals surface area contributed by atoms with E-state index in [1.54, 1.807) is 0 Å². The van der Waals surface area contributed by atoms with Crippen LogP contribution in [-0.4, -0.2) is 23.8 Å². The van der Waals surface area contributed by atoms with Crippen molar-refractivity contribution in [3.05, 3.63) is 47.2 Å². The van der Waals surface area contributed by atoms with Crippen LogP contribution in [0.15, 0.2) is 28.7 Å². The molecule has 0 amide bonds. The topological polar surface area (TPSA) is 51.0 Å². The van der Waals surface area contributed by atoms with Gasteiger partial charge in [0, 0.05) is 19.4 Å². The molecule has 0 unspecified atom stereocenters. The van der Waals surface area contributed by atoms with Gasteiger partial charge in [-0.05, 0) is 26.0 Å². The molecule has 0 bridgehead atoms. The van der Waals surface area contributed by atoms with Crippen molar-refractivity contribution in [1.29, 1.82) is 0 Å². The third-order valence-electron chi connectivity index (χ3n) is 2.81. The molecular weight excluding hydrogens is 226 g/mol. The number of hydrogen-bond donors (Lipinski definition) is 1. The molecule has 1 aromatic carbocycles. The molecule has 4 heteroatoms. The predicted molar refractivity (Wildman–Crippen MR) is 70.5 cm³/mol. The Labute approximate surface area is 107 Å². The number of aromatic nitrogens is 2. The van der Waals surface area contributed by atoms with Crippen molar-refractivity contribution in [2.45, 2.75) is 26.2 Å². The minimum atomic E-state index is 0.712. The summed E-state index contributed by atoms with van der Waals surface area (Å²) >= 11 is 0. The first kappa shape index (κ1) is 12.8. The summed E-state index contributed by atoms with van der Waals surface area (Å²) in [7, 11) is 1.91. The SMILES string of the molecule is CNCCc1nnc(CCc2cccc(C)c2)o1. The van der Waals surface area contributed by atoms with Crippen molar-refractivity contribution in [2.75, 3.05) is 13.6 Å². The fraction of sp³-hybridized carbons (Fsp3) is 0.429. The fourth-order valence-electron chi connectivity index (χ4n) is 1.84. The molecule has 0 fully saturated rings. The Morgan fingerprint density at radius 3 is 2.61 bits per heavy atom.